The van der Waals surface area contributed by atoms with Gasteiger partial charge in [-0.3, -0.25) is 4.79 Å². The first-order valence-electron chi connectivity index (χ1n) is 4.80. The third-order valence-corrected chi connectivity index (χ3v) is 4.63. The van der Waals surface area contributed by atoms with E-state index < -0.39 is 21.2 Å². The molecule has 1 N–H and O–H groups in total. The van der Waals surface area contributed by atoms with E-state index in [4.69, 9.17) is 9.84 Å². The van der Waals surface area contributed by atoms with Gasteiger partial charge in [0.05, 0.1) is 24.5 Å². The first-order chi connectivity index (χ1) is 6.89. The highest BCUT2D eigenvalue weighted by Gasteiger charge is 2.40. The average Bonchev–Trinajstić information content (AvgIpc) is 1.99. The van der Waals surface area contributed by atoms with E-state index >= 15 is 0 Å². The van der Waals surface area contributed by atoms with Gasteiger partial charge in [-0.05, 0) is 12.8 Å². The highest BCUT2D eigenvalue weighted by atomic mass is 32.2. The van der Waals surface area contributed by atoms with Crippen molar-refractivity contribution in [3.63, 3.8) is 0 Å². The second kappa shape index (κ2) is 4.49. The quantitative estimate of drug-likeness (QED) is 0.759. The lowest BCUT2D eigenvalue weighted by molar-refractivity contribution is -0.140. The van der Waals surface area contributed by atoms with Crippen LogP contribution in [0.5, 0.6) is 0 Å². The molecule has 15 heavy (non-hydrogen) atoms. The van der Waals surface area contributed by atoms with Crippen LogP contribution in [0.3, 0.4) is 0 Å². The van der Waals surface area contributed by atoms with E-state index in [1.54, 1.807) is 0 Å². The van der Waals surface area contributed by atoms with Crippen molar-refractivity contribution >= 4 is 15.8 Å². The van der Waals surface area contributed by atoms with Gasteiger partial charge in [0.2, 0.25) is 0 Å². The monoisotopic (exact) mass is 236 g/mol. The molecule has 1 saturated heterocycles. The number of carboxylic acids is 1. The Kier molecular flexibility index (Phi) is 3.72. The largest absolute Gasteiger partial charge is 0.481 e. The van der Waals surface area contributed by atoms with Gasteiger partial charge in [0, 0.05) is 12.5 Å². The maximum absolute atomic E-state index is 11.5. The standard InChI is InChI=1S/C9H16O5S/c1-14-6-9(5-8(10)11)3-2-4-15(12,13)7-9/h2-7H2,1H3,(H,10,11). The minimum absolute atomic E-state index is 0.0693. The van der Waals surface area contributed by atoms with Gasteiger partial charge in [-0.25, -0.2) is 8.42 Å². The van der Waals surface area contributed by atoms with Crippen LogP contribution in [0, 0.1) is 5.41 Å². The fraction of sp³-hybridized carbons (Fsp3) is 0.889. The first-order valence-corrected chi connectivity index (χ1v) is 6.62. The fourth-order valence-corrected chi connectivity index (χ4v) is 4.20. The number of carbonyl (C=O) groups is 1. The summed E-state index contributed by atoms with van der Waals surface area (Å²) in [7, 11) is -1.64. The zero-order valence-corrected chi connectivity index (χ0v) is 9.55. The van der Waals surface area contributed by atoms with E-state index in [2.05, 4.69) is 0 Å². The summed E-state index contributed by atoms with van der Waals surface area (Å²) >= 11 is 0. The van der Waals surface area contributed by atoms with E-state index in [-0.39, 0.29) is 24.5 Å². The summed E-state index contributed by atoms with van der Waals surface area (Å²) in [5.74, 6) is -0.873. The SMILES string of the molecule is COCC1(CC(=O)O)CCCS(=O)(=O)C1. The predicted octanol–water partition coefficient (Wildman–Crippen LogP) is 0.303. The molecular formula is C9H16O5S. The number of hydrogen-bond acceptors (Lipinski definition) is 4. The number of sulfone groups is 1. The lowest BCUT2D eigenvalue weighted by atomic mass is 9.82. The third kappa shape index (κ3) is 3.46. The summed E-state index contributed by atoms with van der Waals surface area (Å²) in [4.78, 5) is 10.7. The molecule has 0 spiro atoms. The highest BCUT2D eigenvalue weighted by molar-refractivity contribution is 7.91. The van der Waals surface area contributed by atoms with E-state index in [0.29, 0.717) is 12.8 Å². The van der Waals surface area contributed by atoms with E-state index in [9.17, 15) is 13.2 Å². The molecule has 0 aromatic rings. The molecule has 1 aliphatic rings. The Hall–Kier alpha value is -0.620. The number of hydrogen-bond donors (Lipinski definition) is 1. The molecule has 1 fully saturated rings. The zero-order valence-electron chi connectivity index (χ0n) is 8.73. The number of methoxy groups -OCH3 is 1. The van der Waals surface area contributed by atoms with Crippen molar-refractivity contribution in [3.05, 3.63) is 0 Å². The van der Waals surface area contributed by atoms with Gasteiger partial charge in [0.15, 0.2) is 9.84 Å². The Morgan fingerprint density at radius 1 is 1.53 bits per heavy atom. The minimum atomic E-state index is -3.10. The maximum Gasteiger partial charge on any atom is 0.304 e. The Morgan fingerprint density at radius 2 is 2.20 bits per heavy atom. The number of ether oxygens (including phenoxy) is 1. The van der Waals surface area contributed by atoms with Gasteiger partial charge >= 0.3 is 5.97 Å². The Labute approximate surface area is 89.3 Å². The molecule has 0 aromatic heterocycles. The molecule has 0 bridgehead atoms. The van der Waals surface area contributed by atoms with Crippen LogP contribution in [0.2, 0.25) is 0 Å². The lowest BCUT2D eigenvalue weighted by Crippen LogP contribution is -2.41. The topological polar surface area (TPSA) is 80.7 Å². The maximum atomic E-state index is 11.5. The van der Waals surface area contributed by atoms with Crippen LogP contribution in [0.1, 0.15) is 19.3 Å². The van der Waals surface area contributed by atoms with Gasteiger partial charge in [-0.2, -0.15) is 0 Å². The molecular weight excluding hydrogens is 220 g/mol. The van der Waals surface area contributed by atoms with Crippen molar-refractivity contribution in [1.29, 1.82) is 0 Å². The summed E-state index contributed by atoms with van der Waals surface area (Å²) in [5.41, 5.74) is -0.725. The van der Waals surface area contributed by atoms with Crippen LogP contribution >= 0.6 is 0 Å². The van der Waals surface area contributed by atoms with Gasteiger partial charge in [0.25, 0.3) is 0 Å². The molecule has 88 valence electrons. The van der Waals surface area contributed by atoms with Crippen molar-refractivity contribution in [2.24, 2.45) is 5.41 Å². The lowest BCUT2D eigenvalue weighted by Gasteiger charge is -2.34. The fourth-order valence-electron chi connectivity index (χ4n) is 2.21. The van der Waals surface area contributed by atoms with Crippen molar-refractivity contribution in [1.82, 2.24) is 0 Å². The smallest absolute Gasteiger partial charge is 0.304 e. The van der Waals surface area contributed by atoms with Crippen LogP contribution in [0.15, 0.2) is 0 Å². The van der Waals surface area contributed by atoms with Gasteiger partial charge in [-0.1, -0.05) is 0 Å². The molecule has 6 heteroatoms. The van der Waals surface area contributed by atoms with E-state index in [1.165, 1.54) is 7.11 Å². The number of rotatable bonds is 4. The van der Waals surface area contributed by atoms with Gasteiger partial charge in [0.1, 0.15) is 0 Å². The van der Waals surface area contributed by atoms with Crippen molar-refractivity contribution in [2.75, 3.05) is 25.2 Å². The average molecular weight is 236 g/mol. The molecule has 0 radical (unpaired) electrons. The zero-order chi connectivity index (χ0) is 11.5. The van der Waals surface area contributed by atoms with Crippen molar-refractivity contribution < 1.29 is 23.1 Å². The van der Waals surface area contributed by atoms with Gasteiger partial charge in [-0.15, -0.1) is 0 Å². The minimum Gasteiger partial charge on any atom is -0.481 e. The molecule has 1 unspecified atom stereocenters. The van der Waals surface area contributed by atoms with Crippen LogP contribution in [-0.2, 0) is 19.4 Å². The Bertz CT molecular complexity index is 330. The normalized spacial score (nSPS) is 29.9. The molecule has 0 aliphatic carbocycles. The molecule has 0 saturated carbocycles. The third-order valence-electron chi connectivity index (χ3n) is 2.67. The van der Waals surface area contributed by atoms with Gasteiger partial charge < -0.3 is 9.84 Å². The van der Waals surface area contributed by atoms with Crippen molar-refractivity contribution in [2.45, 2.75) is 19.3 Å². The van der Waals surface area contributed by atoms with E-state index in [0.717, 1.165) is 0 Å². The molecule has 1 aliphatic heterocycles. The Balaban J connectivity index is 2.84. The first kappa shape index (κ1) is 12.4. The molecule has 1 atom stereocenters. The molecule has 1 heterocycles. The van der Waals surface area contributed by atoms with Crippen molar-refractivity contribution in [3.8, 4) is 0 Å². The van der Waals surface area contributed by atoms with Crippen LogP contribution in [0.4, 0.5) is 0 Å². The van der Waals surface area contributed by atoms with Crippen LogP contribution in [0.25, 0.3) is 0 Å². The molecule has 0 amide bonds. The summed E-state index contributed by atoms with van der Waals surface area (Å²) in [6.45, 7) is 0.193. The number of aliphatic carboxylic acids is 1. The summed E-state index contributed by atoms with van der Waals surface area (Å²) in [5, 5.41) is 8.78. The Morgan fingerprint density at radius 3 is 2.67 bits per heavy atom. The molecule has 5 nitrogen and oxygen atoms in total. The number of carboxylic acid groups (broad SMARTS) is 1. The van der Waals surface area contributed by atoms with Crippen LogP contribution < -0.4 is 0 Å². The molecule has 0 aromatic carbocycles. The second-order valence-corrected chi connectivity index (χ2v) is 6.38. The van der Waals surface area contributed by atoms with E-state index in [1.807, 2.05) is 0 Å². The summed E-state index contributed by atoms with van der Waals surface area (Å²) in [6, 6.07) is 0. The summed E-state index contributed by atoms with van der Waals surface area (Å²) in [6.07, 6.45) is 0.991. The van der Waals surface area contributed by atoms with Crippen LogP contribution in [-0.4, -0.2) is 44.7 Å². The highest BCUT2D eigenvalue weighted by Crippen LogP contribution is 2.35. The second-order valence-electron chi connectivity index (χ2n) is 4.20. The predicted molar refractivity (Wildman–Crippen MR) is 54.4 cm³/mol. The molecule has 1 rings (SSSR count). The summed E-state index contributed by atoms with van der Waals surface area (Å²) < 4.78 is 27.9.